The fourth-order valence-corrected chi connectivity index (χ4v) is 4.10. The molecule has 2 aromatic rings. The van der Waals surface area contributed by atoms with E-state index in [9.17, 15) is 18.8 Å². The van der Waals surface area contributed by atoms with Gasteiger partial charge in [0.25, 0.3) is 11.8 Å². The van der Waals surface area contributed by atoms with E-state index >= 15 is 0 Å². The average molecular weight is 428 g/mol. The molecule has 2 aliphatic heterocycles. The number of fused-ring (bicyclic) bond motifs is 1. The van der Waals surface area contributed by atoms with E-state index < -0.39 is 0 Å². The van der Waals surface area contributed by atoms with Gasteiger partial charge in [-0.25, -0.2) is 4.39 Å². The van der Waals surface area contributed by atoms with Crippen molar-refractivity contribution >= 4 is 17.8 Å². The maximum absolute atomic E-state index is 14.0. The van der Waals surface area contributed by atoms with Crippen LogP contribution in [0.2, 0.25) is 0 Å². The van der Waals surface area contributed by atoms with E-state index in [0.29, 0.717) is 50.3 Å². The Bertz CT molecular complexity index is 1010. The first-order valence-corrected chi connectivity index (χ1v) is 10.5. The smallest absolute Gasteiger partial charge is 0.310 e. The maximum Gasteiger partial charge on any atom is 0.310 e. The standard InChI is InChI=1S/C22H25FN4O4/c1-2-31-22(30)16-7-5-9-25(14-16)20(28)18-12-19-21(29)26(10-11-27(19)24-18)13-15-6-3-4-8-17(15)23/h3-4,6,8,12,16H,2,5,7,9-11,13-14H2,1H3. The first kappa shape index (κ1) is 21.0. The molecule has 2 amide bonds. The van der Waals surface area contributed by atoms with Gasteiger partial charge < -0.3 is 14.5 Å². The summed E-state index contributed by atoms with van der Waals surface area (Å²) >= 11 is 0. The van der Waals surface area contributed by atoms with Crippen molar-refractivity contribution in [1.82, 2.24) is 19.6 Å². The largest absolute Gasteiger partial charge is 0.466 e. The Kier molecular flexibility index (Phi) is 6.01. The van der Waals surface area contributed by atoms with Crippen LogP contribution in [0.5, 0.6) is 0 Å². The van der Waals surface area contributed by atoms with Gasteiger partial charge in [0.15, 0.2) is 5.69 Å². The molecule has 0 aliphatic carbocycles. The second-order valence-corrected chi connectivity index (χ2v) is 7.80. The maximum atomic E-state index is 14.0. The molecule has 4 rings (SSSR count). The van der Waals surface area contributed by atoms with Gasteiger partial charge in [0, 0.05) is 37.8 Å². The summed E-state index contributed by atoms with van der Waals surface area (Å²) in [6, 6.07) is 7.85. The monoisotopic (exact) mass is 428 g/mol. The van der Waals surface area contributed by atoms with E-state index in [1.165, 1.54) is 16.8 Å². The first-order chi connectivity index (χ1) is 15.0. The Balaban J connectivity index is 1.47. The molecule has 31 heavy (non-hydrogen) atoms. The molecule has 2 aliphatic rings. The molecule has 1 saturated heterocycles. The van der Waals surface area contributed by atoms with Crippen LogP contribution in [0.3, 0.4) is 0 Å². The molecule has 3 heterocycles. The lowest BCUT2D eigenvalue weighted by atomic mass is 9.98. The van der Waals surface area contributed by atoms with E-state index in [2.05, 4.69) is 5.10 Å². The van der Waals surface area contributed by atoms with Gasteiger partial charge in [-0.05, 0) is 25.8 Å². The van der Waals surface area contributed by atoms with Crippen LogP contribution in [0.25, 0.3) is 0 Å². The Hall–Kier alpha value is -3.23. The summed E-state index contributed by atoms with van der Waals surface area (Å²) in [5.41, 5.74) is 0.934. The summed E-state index contributed by atoms with van der Waals surface area (Å²) in [6.07, 6.45) is 1.39. The van der Waals surface area contributed by atoms with Crippen molar-refractivity contribution in [1.29, 1.82) is 0 Å². The molecule has 0 saturated carbocycles. The normalized spacial score (nSPS) is 18.6. The number of rotatable bonds is 5. The Morgan fingerprint density at radius 2 is 2.03 bits per heavy atom. The van der Waals surface area contributed by atoms with Crippen LogP contribution in [-0.2, 0) is 22.6 Å². The van der Waals surface area contributed by atoms with E-state index in [1.807, 2.05) is 0 Å². The van der Waals surface area contributed by atoms with Gasteiger partial charge in [-0.15, -0.1) is 0 Å². The second-order valence-electron chi connectivity index (χ2n) is 7.80. The number of piperidine rings is 1. The number of halogens is 1. The third kappa shape index (κ3) is 4.30. The highest BCUT2D eigenvalue weighted by Crippen LogP contribution is 2.22. The van der Waals surface area contributed by atoms with Crippen LogP contribution >= 0.6 is 0 Å². The zero-order chi connectivity index (χ0) is 22.0. The molecule has 0 bridgehead atoms. The van der Waals surface area contributed by atoms with Crippen LogP contribution in [-0.4, -0.2) is 63.6 Å². The Labute approximate surface area is 179 Å². The van der Waals surface area contributed by atoms with Gasteiger partial charge in [0.1, 0.15) is 11.5 Å². The number of carbonyl (C=O) groups excluding carboxylic acids is 3. The van der Waals surface area contributed by atoms with Crippen molar-refractivity contribution in [2.75, 3.05) is 26.2 Å². The third-order valence-corrected chi connectivity index (χ3v) is 5.73. The molecular formula is C22H25FN4O4. The Morgan fingerprint density at radius 1 is 1.23 bits per heavy atom. The SMILES string of the molecule is CCOC(=O)C1CCCN(C(=O)c2cc3n(n2)CCN(Cc2ccccc2F)C3=O)C1. The summed E-state index contributed by atoms with van der Waals surface area (Å²) in [7, 11) is 0. The molecule has 0 radical (unpaired) electrons. The minimum absolute atomic E-state index is 0.160. The fourth-order valence-electron chi connectivity index (χ4n) is 4.10. The van der Waals surface area contributed by atoms with Gasteiger partial charge in [0.05, 0.1) is 19.1 Å². The van der Waals surface area contributed by atoms with Crippen molar-refractivity contribution in [3.8, 4) is 0 Å². The molecule has 1 atom stereocenters. The lowest BCUT2D eigenvalue weighted by Crippen LogP contribution is -2.43. The number of benzene rings is 1. The molecule has 9 heteroatoms. The van der Waals surface area contributed by atoms with E-state index in [1.54, 1.807) is 34.9 Å². The summed E-state index contributed by atoms with van der Waals surface area (Å²) in [5, 5.41) is 4.33. The molecule has 8 nitrogen and oxygen atoms in total. The van der Waals surface area contributed by atoms with E-state index in [-0.39, 0.29) is 48.3 Å². The van der Waals surface area contributed by atoms with Crippen molar-refractivity contribution in [3.05, 3.63) is 53.1 Å². The summed E-state index contributed by atoms with van der Waals surface area (Å²) in [5.74, 6) is -1.57. The predicted octanol–water partition coefficient (Wildman–Crippen LogP) is 2.09. The van der Waals surface area contributed by atoms with Gasteiger partial charge in [-0.2, -0.15) is 5.10 Å². The van der Waals surface area contributed by atoms with Crippen LogP contribution in [0.1, 0.15) is 46.3 Å². The number of esters is 1. The van der Waals surface area contributed by atoms with Crippen LogP contribution in [0, 0.1) is 11.7 Å². The number of hydrogen-bond acceptors (Lipinski definition) is 5. The molecule has 0 spiro atoms. The van der Waals surface area contributed by atoms with Crippen molar-refractivity contribution in [2.45, 2.75) is 32.9 Å². The first-order valence-electron chi connectivity index (χ1n) is 10.5. The van der Waals surface area contributed by atoms with Crippen LogP contribution < -0.4 is 0 Å². The molecule has 1 fully saturated rings. The van der Waals surface area contributed by atoms with E-state index in [4.69, 9.17) is 4.74 Å². The quantitative estimate of drug-likeness (QED) is 0.681. The Morgan fingerprint density at radius 3 is 2.81 bits per heavy atom. The zero-order valence-corrected chi connectivity index (χ0v) is 17.4. The minimum Gasteiger partial charge on any atom is -0.466 e. The van der Waals surface area contributed by atoms with Crippen molar-refractivity contribution in [3.63, 3.8) is 0 Å². The molecule has 1 aromatic carbocycles. The molecule has 1 aromatic heterocycles. The molecular weight excluding hydrogens is 403 g/mol. The fraction of sp³-hybridized carbons (Fsp3) is 0.455. The summed E-state index contributed by atoms with van der Waals surface area (Å²) in [4.78, 5) is 41.1. The second kappa shape index (κ2) is 8.87. The van der Waals surface area contributed by atoms with Crippen molar-refractivity contribution < 1.29 is 23.5 Å². The number of carbonyl (C=O) groups is 3. The lowest BCUT2D eigenvalue weighted by Gasteiger charge is -2.31. The van der Waals surface area contributed by atoms with E-state index in [0.717, 1.165) is 0 Å². The highest BCUT2D eigenvalue weighted by molar-refractivity contribution is 5.98. The highest BCUT2D eigenvalue weighted by Gasteiger charge is 2.33. The molecule has 164 valence electrons. The number of hydrogen-bond donors (Lipinski definition) is 0. The number of likely N-dealkylation sites (tertiary alicyclic amines) is 1. The van der Waals surface area contributed by atoms with Crippen LogP contribution in [0.15, 0.2) is 30.3 Å². The number of aromatic nitrogens is 2. The lowest BCUT2D eigenvalue weighted by molar-refractivity contribution is -0.149. The zero-order valence-electron chi connectivity index (χ0n) is 17.4. The predicted molar refractivity (Wildman–Crippen MR) is 109 cm³/mol. The topological polar surface area (TPSA) is 84.7 Å². The van der Waals surface area contributed by atoms with Crippen molar-refractivity contribution in [2.24, 2.45) is 5.92 Å². The summed E-state index contributed by atoms with van der Waals surface area (Å²) < 4.78 is 20.6. The minimum atomic E-state index is -0.355. The summed E-state index contributed by atoms with van der Waals surface area (Å²) in [6.45, 7) is 3.84. The average Bonchev–Trinajstić information content (AvgIpc) is 3.22. The third-order valence-electron chi connectivity index (χ3n) is 5.73. The highest BCUT2D eigenvalue weighted by atomic mass is 19.1. The van der Waals surface area contributed by atoms with Gasteiger partial charge in [0.2, 0.25) is 0 Å². The van der Waals surface area contributed by atoms with Gasteiger partial charge >= 0.3 is 5.97 Å². The number of ether oxygens (including phenoxy) is 1. The molecule has 1 unspecified atom stereocenters. The molecule has 0 N–H and O–H groups in total. The number of nitrogens with zero attached hydrogens (tertiary/aromatic N) is 4. The van der Waals surface area contributed by atoms with Crippen LogP contribution in [0.4, 0.5) is 4.39 Å². The van der Waals surface area contributed by atoms with Gasteiger partial charge in [-0.3, -0.25) is 19.1 Å². The number of amides is 2. The van der Waals surface area contributed by atoms with Gasteiger partial charge in [-0.1, -0.05) is 18.2 Å².